The molecule has 6 heteroatoms. The smallest absolute Gasteiger partial charge is 0.324 e. The Labute approximate surface area is 136 Å². The molecule has 2 heterocycles. The summed E-state index contributed by atoms with van der Waals surface area (Å²) in [6.07, 6.45) is 2.06. The third-order valence-electron chi connectivity index (χ3n) is 4.55. The number of nitrogens with one attached hydrogen (secondary N) is 1. The van der Waals surface area contributed by atoms with Crippen LogP contribution in [-0.2, 0) is 14.3 Å². The number of hydrogen-bond donors (Lipinski definition) is 1. The van der Waals surface area contributed by atoms with Gasteiger partial charge in [0.1, 0.15) is 6.04 Å². The van der Waals surface area contributed by atoms with E-state index in [1.807, 2.05) is 35.3 Å². The lowest BCUT2D eigenvalue weighted by Gasteiger charge is -2.48. The number of fused-ring (bicyclic) bond motifs is 1. The highest BCUT2D eigenvalue weighted by atomic mass is 16.5. The molecule has 1 N–H and O–H groups in total. The Morgan fingerprint density at radius 2 is 2.09 bits per heavy atom. The first-order valence-corrected chi connectivity index (χ1v) is 8.14. The molecule has 0 aliphatic carbocycles. The van der Waals surface area contributed by atoms with E-state index in [-0.39, 0.29) is 24.1 Å². The van der Waals surface area contributed by atoms with Crippen LogP contribution in [0.1, 0.15) is 37.8 Å². The van der Waals surface area contributed by atoms with E-state index in [9.17, 15) is 9.59 Å². The van der Waals surface area contributed by atoms with Gasteiger partial charge in [-0.15, -0.1) is 0 Å². The quantitative estimate of drug-likeness (QED) is 0.852. The number of amides is 1. The van der Waals surface area contributed by atoms with E-state index in [2.05, 4.69) is 12.2 Å². The fourth-order valence-electron chi connectivity index (χ4n) is 3.56. The van der Waals surface area contributed by atoms with Gasteiger partial charge in [0, 0.05) is 13.0 Å². The second kappa shape index (κ2) is 6.68. The van der Waals surface area contributed by atoms with Gasteiger partial charge in [0.25, 0.3) is 0 Å². The van der Waals surface area contributed by atoms with Crippen LogP contribution in [0.5, 0.6) is 0 Å². The molecule has 1 amide bonds. The summed E-state index contributed by atoms with van der Waals surface area (Å²) in [4.78, 5) is 24.7. The Kier molecular flexibility index (Phi) is 4.63. The topological polar surface area (TPSA) is 61.9 Å². The number of rotatable bonds is 4. The van der Waals surface area contributed by atoms with E-state index in [0.29, 0.717) is 13.0 Å². The van der Waals surface area contributed by atoms with Crippen LogP contribution in [0.2, 0.25) is 0 Å². The van der Waals surface area contributed by atoms with Gasteiger partial charge in [-0.25, -0.2) is 5.01 Å². The molecule has 0 saturated carbocycles. The second-order valence-corrected chi connectivity index (χ2v) is 5.98. The molecule has 0 aromatic heterocycles. The van der Waals surface area contributed by atoms with Crippen LogP contribution in [0.25, 0.3) is 0 Å². The minimum atomic E-state index is -0.485. The van der Waals surface area contributed by atoms with Gasteiger partial charge in [-0.3, -0.25) is 19.9 Å². The summed E-state index contributed by atoms with van der Waals surface area (Å²) in [7, 11) is 1.41. The Balaban J connectivity index is 2.00. The maximum Gasteiger partial charge on any atom is 0.324 e. The fourth-order valence-corrected chi connectivity index (χ4v) is 3.56. The van der Waals surface area contributed by atoms with E-state index in [4.69, 9.17) is 4.74 Å². The molecule has 1 aromatic rings. The number of methoxy groups -OCH3 is 1. The van der Waals surface area contributed by atoms with Crippen LogP contribution in [0, 0.1) is 0 Å². The standard InChI is InChI=1S/C17H23N3O3/c1-3-7-13-18-15(17(22)23-2)16(12-8-5-4-6-9-12)19-11-10-14(21)20(13)19/h4-6,8-9,13,15-16,18H,3,7,10-11H2,1-2H3/t13-,15+,16-/m1/s1. The van der Waals surface area contributed by atoms with Crippen LogP contribution < -0.4 is 5.32 Å². The number of hydrogen-bond acceptors (Lipinski definition) is 5. The third kappa shape index (κ3) is 2.84. The molecule has 2 fully saturated rings. The van der Waals surface area contributed by atoms with Crippen molar-refractivity contribution >= 4 is 11.9 Å². The number of esters is 1. The maximum atomic E-state index is 12.4. The molecule has 124 valence electrons. The molecule has 6 nitrogen and oxygen atoms in total. The van der Waals surface area contributed by atoms with E-state index < -0.39 is 6.04 Å². The molecule has 1 aromatic carbocycles. The first-order valence-electron chi connectivity index (χ1n) is 8.14. The lowest BCUT2D eigenvalue weighted by atomic mass is 9.96. The van der Waals surface area contributed by atoms with Crippen LogP contribution in [0.15, 0.2) is 30.3 Å². The lowest BCUT2D eigenvalue weighted by Crippen LogP contribution is -2.66. The average Bonchev–Trinajstić information content (AvgIpc) is 2.97. The largest absolute Gasteiger partial charge is 0.468 e. The minimum Gasteiger partial charge on any atom is -0.468 e. The molecule has 0 unspecified atom stereocenters. The van der Waals surface area contributed by atoms with Crippen LogP contribution in [0.4, 0.5) is 0 Å². The van der Waals surface area contributed by atoms with Gasteiger partial charge < -0.3 is 4.74 Å². The highest BCUT2D eigenvalue weighted by molar-refractivity contribution is 5.81. The van der Waals surface area contributed by atoms with E-state index in [0.717, 1.165) is 18.4 Å². The summed E-state index contributed by atoms with van der Waals surface area (Å²) < 4.78 is 5.01. The zero-order chi connectivity index (χ0) is 16.4. The number of hydrazine groups is 1. The van der Waals surface area contributed by atoms with Crippen molar-refractivity contribution in [2.45, 2.75) is 44.4 Å². The Morgan fingerprint density at radius 3 is 2.74 bits per heavy atom. The molecule has 3 rings (SSSR count). The lowest BCUT2D eigenvalue weighted by molar-refractivity contribution is -0.172. The first-order chi connectivity index (χ1) is 11.2. The third-order valence-corrected chi connectivity index (χ3v) is 4.55. The van der Waals surface area contributed by atoms with Gasteiger partial charge in [-0.2, -0.15) is 0 Å². The van der Waals surface area contributed by atoms with Crippen LogP contribution in [0.3, 0.4) is 0 Å². The first kappa shape index (κ1) is 16.0. The van der Waals surface area contributed by atoms with Gasteiger partial charge in [-0.05, 0) is 12.0 Å². The zero-order valence-electron chi connectivity index (χ0n) is 13.6. The van der Waals surface area contributed by atoms with Gasteiger partial charge in [0.05, 0.1) is 19.3 Å². The summed E-state index contributed by atoms with van der Waals surface area (Å²) in [5.74, 6) is -0.181. The Bertz CT molecular complexity index is 578. The minimum absolute atomic E-state index is 0.111. The summed E-state index contributed by atoms with van der Waals surface area (Å²) in [6.45, 7) is 2.71. The highest BCUT2D eigenvalue weighted by Gasteiger charge is 2.49. The van der Waals surface area contributed by atoms with E-state index in [1.165, 1.54) is 7.11 Å². The summed E-state index contributed by atoms with van der Waals surface area (Å²) >= 11 is 0. The summed E-state index contributed by atoms with van der Waals surface area (Å²) in [5.41, 5.74) is 1.00. The monoisotopic (exact) mass is 317 g/mol. The molecule has 0 bridgehead atoms. The zero-order valence-corrected chi connectivity index (χ0v) is 13.6. The maximum absolute atomic E-state index is 12.4. The Morgan fingerprint density at radius 1 is 1.35 bits per heavy atom. The number of carbonyl (C=O) groups excluding carboxylic acids is 2. The summed E-state index contributed by atoms with van der Waals surface area (Å²) in [5, 5.41) is 7.19. The van der Waals surface area contributed by atoms with Crippen molar-refractivity contribution in [1.82, 2.24) is 15.3 Å². The molecule has 2 saturated heterocycles. The number of ether oxygens (including phenoxy) is 1. The predicted molar refractivity (Wildman–Crippen MR) is 85.0 cm³/mol. The van der Waals surface area contributed by atoms with Gasteiger partial charge in [0.2, 0.25) is 5.91 Å². The van der Waals surface area contributed by atoms with Crippen molar-refractivity contribution in [1.29, 1.82) is 0 Å². The SMILES string of the molecule is CCC[C@@H]1N[C@H](C(=O)OC)[C@@H](c2ccccc2)N2CCC(=O)N12. The van der Waals surface area contributed by atoms with Gasteiger partial charge in [0.15, 0.2) is 0 Å². The molecular formula is C17H23N3O3. The van der Waals surface area contributed by atoms with Crippen molar-refractivity contribution < 1.29 is 14.3 Å². The molecule has 0 radical (unpaired) electrons. The molecular weight excluding hydrogens is 294 g/mol. The summed E-state index contributed by atoms with van der Waals surface area (Å²) in [6, 6.07) is 9.10. The molecule has 2 aliphatic rings. The Hall–Kier alpha value is -1.92. The number of nitrogens with zero attached hydrogens (tertiary/aromatic N) is 2. The van der Waals surface area contributed by atoms with Crippen molar-refractivity contribution in [3.05, 3.63) is 35.9 Å². The normalized spacial score (nSPS) is 27.8. The van der Waals surface area contributed by atoms with Gasteiger partial charge >= 0.3 is 5.97 Å². The highest BCUT2D eigenvalue weighted by Crippen LogP contribution is 2.36. The van der Waals surface area contributed by atoms with E-state index >= 15 is 0 Å². The average molecular weight is 317 g/mol. The molecule has 23 heavy (non-hydrogen) atoms. The fraction of sp³-hybridized carbons (Fsp3) is 0.529. The number of carbonyl (C=O) groups is 2. The van der Waals surface area contributed by atoms with Crippen molar-refractivity contribution in [2.75, 3.05) is 13.7 Å². The second-order valence-electron chi connectivity index (χ2n) is 5.98. The van der Waals surface area contributed by atoms with Gasteiger partial charge in [-0.1, -0.05) is 43.7 Å². The molecule has 0 spiro atoms. The molecule has 2 aliphatic heterocycles. The van der Waals surface area contributed by atoms with Crippen LogP contribution >= 0.6 is 0 Å². The van der Waals surface area contributed by atoms with Crippen molar-refractivity contribution in [2.24, 2.45) is 0 Å². The van der Waals surface area contributed by atoms with Crippen molar-refractivity contribution in [3.63, 3.8) is 0 Å². The number of benzene rings is 1. The van der Waals surface area contributed by atoms with Crippen molar-refractivity contribution in [3.8, 4) is 0 Å². The van der Waals surface area contributed by atoms with E-state index in [1.54, 1.807) is 5.01 Å². The molecule has 3 atom stereocenters. The predicted octanol–water partition coefficient (Wildman–Crippen LogP) is 1.45. The van der Waals surface area contributed by atoms with Crippen LogP contribution in [-0.4, -0.2) is 47.8 Å².